The summed E-state index contributed by atoms with van der Waals surface area (Å²) in [7, 11) is 0. The van der Waals surface area contributed by atoms with E-state index in [0.717, 1.165) is 23.4 Å². The lowest BCUT2D eigenvalue weighted by molar-refractivity contribution is 0.520. The lowest BCUT2D eigenvalue weighted by Crippen LogP contribution is -2.45. The van der Waals surface area contributed by atoms with Crippen molar-refractivity contribution in [1.82, 2.24) is 4.98 Å². The molecule has 2 nitrogen and oxygen atoms in total. The van der Waals surface area contributed by atoms with Crippen LogP contribution in [0.1, 0.15) is 17.0 Å². The zero-order valence-corrected chi connectivity index (χ0v) is 11.9. The van der Waals surface area contributed by atoms with Gasteiger partial charge in [0.2, 0.25) is 0 Å². The predicted molar refractivity (Wildman–Crippen MR) is 78.1 cm³/mol. The summed E-state index contributed by atoms with van der Waals surface area (Å²) >= 11 is 3.49. The van der Waals surface area contributed by atoms with Gasteiger partial charge in [0.15, 0.2) is 0 Å². The highest BCUT2D eigenvalue weighted by molar-refractivity contribution is 9.10. The van der Waals surface area contributed by atoms with E-state index in [0.29, 0.717) is 5.92 Å². The van der Waals surface area contributed by atoms with Crippen molar-refractivity contribution < 1.29 is 0 Å². The zero-order chi connectivity index (χ0) is 12.5. The first-order valence-electron chi connectivity index (χ1n) is 6.16. The number of pyridine rings is 1. The minimum absolute atomic E-state index is 0.650. The third-order valence-corrected chi connectivity index (χ3v) is 4.34. The fourth-order valence-electron chi connectivity index (χ4n) is 2.30. The molecule has 0 amide bonds. The molecule has 2 heterocycles. The number of nitrogens with zero attached hydrogens (tertiary/aromatic N) is 2. The molecule has 0 radical (unpaired) electrons. The standard InChI is InChI=1S/C15H15BrN2/c1-11-7-15(17-8-14(11)16)18-9-13(10-18)12-5-3-2-4-6-12/h2-8,13H,9-10H2,1H3. The number of rotatable bonds is 2. The molecule has 2 aromatic rings. The molecule has 0 spiro atoms. The Bertz CT molecular complexity index is 548. The predicted octanol–water partition coefficient (Wildman–Crippen LogP) is 3.76. The van der Waals surface area contributed by atoms with Crippen LogP contribution in [0.4, 0.5) is 5.82 Å². The SMILES string of the molecule is Cc1cc(N2CC(c3ccccc3)C2)ncc1Br. The molecule has 1 aliphatic heterocycles. The highest BCUT2D eigenvalue weighted by atomic mass is 79.9. The van der Waals surface area contributed by atoms with E-state index in [1.54, 1.807) is 0 Å². The number of anilines is 1. The van der Waals surface area contributed by atoms with Crippen LogP contribution in [0.2, 0.25) is 0 Å². The molecular weight excluding hydrogens is 288 g/mol. The summed E-state index contributed by atoms with van der Waals surface area (Å²) in [5, 5.41) is 0. The Morgan fingerprint density at radius 2 is 1.94 bits per heavy atom. The van der Waals surface area contributed by atoms with Gasteiger partial charge in [-0.3, -0.25) is 0 Å². The lowest BCUT2D eigenvalue weighted by atomic mass is 9.91. The zero-order valence-electron chi connectivity index (χ0n) is 10.3. The van der Waals surface area contributed by atoms with Crippen LogP contribution in [-0.2, 0) is 0 Å². The van der Waals surface area contributed by atoms with Gasteiger partial charge in [0.05, 0.1) is 0 Å². The topological polar surface area (TPSA) is 16.1 Å². The average molecular weight is 303 g/mol. The number of aromatic nitrogens is 1. The van der Waals surface area contributed by atoms with Gasteiger partial charge >= 0.3 is 0 Å². The smallest absolute Gasteiger partial charge is 0.128 e. The number of hydrogen-bond acceptors (Lipinski definition) is 2. The first-order chi connectivity index (χ1) is 8.74. The second-order valence-electron chi connectivity index (χ2n) is 4.80. The molecule has 1 fully saturated rings. The average Bonchev–Trinajstić information content (AvgIpc) is 2.33. The van der Waals surface area contributed by atoms with E-state index in [4.69, 9.17) is 0 Å². The van der Waals surface area contributed by atoms with Crippen molar-refractivity contribution in [2.24, 2.45) is 0 Å². The van der Waals surface area contributed by atoms with Crippen molar-refractivity contribution >= 4 is 21.7 Å². The van der Waals surface area contributed by atoms with Gasteiger partial charge < -0.3 is 4.90 Å². The van der Waals surface area contributed by atoms with Gasteiger partial charge in [-0.1, -0.05) is 30.3 Å². The van der Waals surface area contributed by atoms with Crippen molar-refractivity contribution in [3.8, 4) is 0 Å². The van der Waals surface area contributed by atoms with Crippen molar-refractivity contribution in [3.05, 3.63) is 58.2 Å². The van der Waals surface area contributed by atoms with Crippen LogP contribution >= 0.6 is 15.9 Å². The van der Waals surface area contributed by atoms with Crippen LogP contribution in [0.3, 0.4) is 0 Å². The van der Waals surface area contributed by atoms with E-state index >= 15 is 0 Å². The van der Waals surface area contributed by atoms with Gasteiger partial charge in [-0.2, -0.15) is 0 Å². The normalized spacial score (nSPS) is 15.6. The Morgan fingerprint density at radius 1 is 1.22 bits per heavy atom. The first kappa shape index (κ1) is 11.7. The molecular formula is C15H15BrN2. The van der Waals surface area contributed by atoms with Gasteiger partial charge in [0.1, 0.15) is 5.82 Å². The molecule has 1 aliphatic rings. The second-order valence-corrected chi connectivity index (χ2v) is 5.66. The minimum Gasteiger partial charge on any atom is -0.355 e. The van der Waals surface area contributed by atoms with Crippen LogP contribution in [-0.4, -0.2) is 18.1 Å². The molecule has 18 heavy (non-hydrogen) atoms. The van der Waals surface area contributed by atoms with Crippen LogP contribution in [0, 0.1) is 6.92 Å². The Labute approximate surface area is 116 Å². The van der Waals surface area contributed by atoms with Gasteiger partial charge in [-0.05, 0) is 40.0 Å². The summed E-state index contributed by atoms with van der Waals surface area (Å²) in [5.41, 5.74) is 2.67. The highest BCUT2D eigenvalue weighted by Gasteiger charge is 2.28. The maximum Gasteiger partial charge on any atom is 0.128 e. The lowest BCUT2D eigenvalue weighted by Gasteiger charge is -2.40. The van der Waals surface area contributed by atoms with Gasteiger partial charge in [-0.15, -0.1) is 0 Å². The second kappa shape index (κ2) is 4.73. The molecule has 0 saturated carbocycles. The summed E-state index contributed by atoms with van der Waals surface area (Å²) in [6.45, 7) is 4.24. The quantitative estimate of drug-likeness (QED) is 0.840. The molecule has 1 aromatic carbocycles. The van der Waals surface area contributed by atoms with Crippen LogP contribution < -0.4 is 4.90 Å². The highest BCUT2D eigenvalue weighted by Crippen LogP contribution is 2.31. The van der Waals surface area contributed by atoms with E-state index in [2.05, 4.69) is 69.1 Å². The molecule has 3 rings (SSSR count). The third kappa shape index (κ3) is 2.15. The van der Waals surface area contributed by atoms with E-state index in [9.17, 15) is 0 Å². The molecule has 0 bridgehead atoms. The summed E-state index contributed by atoms with van der Waals surface area (Å²) in [6.07, 6.45) is 1.89. The molecule has 0 N–H and O–H groups in total. The number of benzene rings is 1. The molecule has 0 atom stereocenters. The van der Waals surface area contributed by atoms with Crippen LogP contribution in [0.15, 0.2) is 47.1 Å². The van der Waals surface area contributed by atoms with Gasteiger partial charge in [-0.25, -0.2) is 4.98 Å². The van der Waals surface area contributed by atoms with E-state index in [1.807, 2.05) is 6.20 Å². The first-order valence-corrected chi connectivity index (χ1v) is 6.95. The Balaban J connectivity index is 1.70. The van der Waals surface area contributed by atoms with Crippen LogP contribution in [0.25, 0.3) is 0 Å². The molecule has 92 valence electrons. The van der Waals surface area contributed by atoms with Crippen molar-refractivity contribution in [3.63, 3.8) is 0 Å². The Kier molecular flexibility index (Phi) is 3.08. The number of hydrogen-bond donors (Lipinski definition) is 0. The molecule has 1 aromatic heterocycles. The summed E-state index contributed by atoms with van der Waals surface area (Å²) < 4.78 is 1.08. The van der Waals surface area contributed by atoms with E-state index < -0.39 is 0 Å². The van der Waals surface area contributed by atoms with E-state index in [-0.39, 0.29) is 0 Å². The maximum absolute atomic E-state index is 4.47. The summed E-state index contributed by atoms with van der Waals surface area (Å²) in [5.74, 6) is 1.74. The molecule has 1 saturated heterocycles. The summed E-state index contributed by atoms with van der Waals surface area (Å²) in [6, 6.07) is 12.9. The largest absolute Gasteiger partial charge is 0.355 e. The van der Waals surface area contributed by atoms with E-state index in [1.165, 1.54) is 11.1 Å². The molecule has 0 aliphatic carbocycles. The van der Waals surface area contributed by atoms with Crippen molar-refractivity contribution in [2.45, 2.75) is 12.8 Å². The Morgan fingerprint density at radius 3 is 2.61 bits per heavy atom. The molecule has 0 unspecified atom stereocenters. The van der Waals surface area contributed by atoms with Crippen molar-refractivity contribution in [1.29, 1.82) is 0 Å². The van der Waals surface area contributed by atoms with Crippen molar-refractivity contribution in [2.75, 3.05) is 18.0 Å². The fourth-order valence-corrected chi connectivity index (χ4v) is 2.52. The number of aryl methyl sites for hydroxylation is 1. The van der Waals surface area contributed by atoms with Gasteiger partial charge in [0.25, 0.3) is 0 Å². The monoisotopic (exact) mass is 302 g/mol. The minimum atomic E-state index is 0.650. The molecule has 3 heteroatoms. The number of halogens is 1. The summed E-state index contributed by atoms with van der Waals surface area (Å²) in [4.78, 5) is 6.80. The van der Waals surface area contributed by atoms with Crippen LogP contribution in [0.5, 0.6) is 0 Å². The third-order valence-electron chi connectivity index (χ3n) is 3.51. The van der Waals surface area contributed by atoms with Gasteiger partial charge in [0, 0.05) is 29.7 Å². The Hall–Kier alpha value is -1.35. The fraction of sp³-hybridized carbons (Fsp3) is 0.267. The maximum atomic E-state index is 4.47.